The summed E-state index contributed by atoms with van der Waals surface area (Å²) >= 11 is 1.13. The van der Waals surface area contributed by atoms with Gasteiger partial charge < -0.3 is 9.64 Å². The molecular weight excluding hydrogens is 422 g/mol. The van der Waals surface area contributed by atoms with E-state index in [0.717, 1.165) is 11.3 Å². The highest BCUT2D eigenvalue weighted by molar-refractivity contribution is 7.15. The number of anilines is 1. The molecule has 0 spiro atoms. The number of thiophene rings is 1. The minimum absolute atomic E-state index is 0.108. The van der Waals surface area contributed by atoms with E-state index in [4.69, 9.17) is 10.2 Å². The number of hydrogen-bond acceptors (Lipinski definition) is 5. The van der Waals surface area contributed by atoms with Gasteiger partial charge in [0.25, 0.3) is 0 Å². The van der Waals surface area contributed by atoms with Gasteiger partial charge in [0.05, 0.1) is 17.7 Å². The molecule has 0 aliphatic heterocycles. The summed E-state index contributed by atoms with van der Waals surface area (Å²) in [6.07, 6.45) is -2.47. The van der Waals surface area contributed by atoms with Crippen LogP contribution in [-0.4, -0.2) is 30.8 Å². The number of ether oxygens (including phenoxy) is 1. The number of ketones is 1. The minimum Gasteiger partial charge on any atom is -0.465 e. The van der Waals surface area contributed by atoms with Gasteiger partial charge in [-0.05, 0) is 71.2 Å². The van der Waals surface area contributed by atoms with Crippen molar-refractivity contribution in [1.29, 1.82) is 0 Å². The van der Waals surface area contributed by atoms with E-state index in [1.54, 1.807) is 13.0 Å². The van der Waals surface area contributed by atoms with Crippen LogP contribution in [-0.2, 0) is 14.3 Å². The van der Waals surface area contributed by atoms with Crippen LogP contribution in [0.15, 0.2) is 6.07 Å². The van der Waals surface area contributed by atoms with Crippen molar-refractivity contribution in [1.82, 2.24) is 0 Å². The first-order valence-electron chi connectivity index (χ1n) is 13.2. The molecule has 1 aromatic heterocycles. The molecule has 0 atom stereocenters. The van der Waals surface area contributed by atoms with Gasteiger partial charge in [-0.1, -0.05) is 18.8 Å². The van der Waals surface area contributed by atoms with E-state index in [-0.39, 0.29) is 35.0 Å². The standard InChI is InChI=1S/C26H35NO4S/c1-17-6-8-18(9-7-17)24(29)27(19-10-12-20(28)13-11-19)22-16-21(14-15-26(2,3)4)32-23(22)25(30)31-5/h16-19H,6-13H2,1-5H3/i6D2,7D2. The van der Waals surface area contributed by atoms with Gasteiger partial charge in [-0.2, -0.15) is 0 Å². The van der Waals surface area contributed by atoms with Gasteiger partial charge in [0.15, 0.2) is 0 Å². The summed E-state index contributed by atoms with van der Waals surface area (Å²) in [5, 5.41) is 0. The van der Waals surface area contributed by atoms with E-state index < -0.39 is 36.5 Å². The summed E-state index contributed by atoms with van der Waals surface area (Å²) in [5.74, 6) is 3.55. The third-order valence-corrected chi connectivity index (χ3v) is 6.73. The van der Waals surface area contributed by atoms with Gasteiger partial charge in [0.1, 0.15) is 10.7 Å². The maximum absolute atomic E-state index is 14.1. The number of Topliss-reactive ketones (excluding diaryl/α,β-unsaturated/α-hetero) is 1. The second-order valence-corrected chi connectivity index (χ2v) is 10.6. The predicted molar refractivity (Wildman–Crippen MR) is 128 cm³/mol. The number of carbonyl (C=O) groups is 3. The van der Waals surface area contributed by atoms with Gasteiger partial charge >= 0.3 is 5.97 Å². The van der Waals surface area contributed by atoms with Crippen LogP contribution >= 0.6 is 11.3 Å². The topological polar surface area (TPSA) is 63.7 Å². The Kier molecular flexibility index (Phi) is 6.17. The zero-order chi connectivity index (χ0) is 27.1. The number of carbonyl (C=O) groups excluding carboxylic acids is 3. The van der Waals surface area contributed by atoms with Gasteiger partial charge in [-0.15, -0.1) is 11.3 Å². The number of esters is 1. The normalized spacial score (nSPS) is 27.1. The molecule has 5 nitrogen and oxygen atoms in total. The van der Waals surface area contributed by atoms with Crippen LogP contribution in [0.4, 0.5) is 5.69 Å². The summed E-state index contributed by atoms with van der Waals surface area (Å²) in [4.78, 5) is 41.1. The molecule has 1 heterocycles. The molecule has 0 unspecified atom stereocenters. The smallest absolute Gasteiger partial charge is 0.350 e. The summed E-state index contributed by atoms with van der Waals surface area (Å²) in [6, 6.07) is 1.33. The van der Waals surface area contributed by atoms with E-state index in [2.05, 4.69) is 11.8 Å². The SMILES string of the molecule is [2H]C1([2H])CC(C(=O)N(c2cc(C#CC(C)(C)C)sc2C(=O)OC)C2CCC(=O)CC2)CC([2H])([2H])C1C. The fourth-order valence-electron chi connectivity index (χ4n) is 3.94. The fraction of sp³-hybridized carbons (Fsp3) is 0.654. The Bertz CT molecular complexity index is 1070. The zero-order valence-corrected chi connectivity index (χ0v) is 20.4. The third kappa shape index (κ3) is 6.01. The van der Waals surface area contributed by atoms with Crippen LogP contribution in [0.3, 0.4) is 0 Å². The first-order valence-corrected chi connectivity index (χ1v) is 12.0. The number of hydrogen-bond donors (Lipinski definition) is 0. The predicted octanol–water partition coefficient (Wildman–Crippen LogP) is 5.60. The lowest BCUT2D eigenvalue weighted by Gasteiger charge is -2.37. The molecule has 2 aliphatic rings. The maximum atomic E-state index is 14.1. The summed E-state index contributed by atoms with van der Waals surface area (Å²) in [6.45, 7) is 7.45. The molecule has 32 heavy (non-hydrogen) atoms. The maximum Gasteiger partial charge on any atom is 0.350 e. The molecule has 2 saturated carbocycles. The highest BCUT2D eigenvalue weighted by Crippen LogP contribution is 2.38. The van der Waals surface area contributed by atoms with E-state index in [9.17, 15) is 14.4 Å². The van der Waals surface area contributed by atoms with Crippen molar-refractivity contribution in [3.8, 4) is 11.8 Å². The molecule has 0 N–H and O–H groups in total. The number of amides is 1. The van der Waals surface area contributed by atoms with Crippen molar-refractivity contribution in [2.75, 3.05) is 12.0 Å². The van der Waals surface area contributed by atoms with E-state index in [1.807, 2.05) is 20.8 Å². The van der Waals surface area contributed by atoms with Crippen molar-refractivity contribution in [3.05, 3.63) is 15.8 Å². The van der Waals surface area contributed by atoms with Crippen molar-refractivity contribution < 1.29 is 24.6 Å². The monoisotopic (exact) mass is 461 g/mol. The summed E-state index contributed by atoms with van der Waals surface area (Å²) < 4.78 is 38.6. The first-order chi connectivity index (χ1) is 16.6. The number of rotatable bonds is 4. The zero-order valence-electron chi connectivity index (χ0n) is 23.5. The Morgan fingerprint density at radius 3 is 2.38 bits per heavy atom. The van der Waals surface area contributed by atoms with Crippen LogP contribution in [0.2, 0.25) is 0 Å². The highest BCUT2D eigenvalue weighted by atomic mass is 32.1. The molecule has 2 fully saturated rings. The second kappa shape index (κ2) is 10.2. The first kappa shape index (κ1) is 19.3. The van der Waals surface area contributed by atoms with E-state index >= 15 is 0 Å². The highest BCUT2D eigenvalue weighted by Gasteiger charge is 2.37. The van der Waals surface area contributed by atoms with Gasteiger partial charge in [0, 0.05) is 35.7 Å². The number of nitrogens with zero attached hydrogens (tertiary/aromatic N) is 1. The Balaban J connectivity index is 2.10. The average molecular weight is 462 g/mol. The van der Waals surface area contributed by atoms with Crippen LogP contribution in [0, 0.1) is 29.1 Å². The third-order valence-electron chi connectivity index (χ3n) is 5.71. The Hall–Kier alpha value is -2.13. The number of methoxy groups -OCH3 is 1. The lowest BCUT2D eigenvalue weighted by Crippen LogP contribution is -2.46. The lowest BCUT2D eigenvalue weighted by atomic mass is 9.81. The largest absolute Gasteiger partial charge is 0.465 e. The Labute approximate surface area is 201 Å². The van der Waals surface area contributed by atoms with Crippen LogP contribution in [0.1, 0.15) is 99.0 Å². The van der Waals surface area contributed by atoms with Crippen LogP contribution in [0.25, 0.3) is 0 Å². The average Bonchev–Trinajstić information content (AvgIpc) is 3.20. The molecule has 0 bridgehead atoms. The van der Waals surface area contributed by atoms with Crippen LogP contribution < -0.4 is 4.90 Å². The van der Waals surface area contributed by atoms with Crippen molar-refractivity contribution in [2.45, 2.75) is 85.0 Å². The Morgan fingerprint density at radius 1 is 1.19 bits per heavy atom. The van der Waals surface area contributed by atoms with Crippen molar-refractivity contribution in [2.24, 2.45) is 17.3 Å². The van der Waals surface area contributed by atoms with Gasteiger partial charge in [-0.3, -0.25) is 9.59 Å². The van der Waals surface area contributed by atoms with Crippen molar-refractivity contribution in [3.63, 3.8) is 0 Å². The molecule has 2 aliphatic carbocycles. The minimum atomic E-state index is -1.86. The molecule has 0 saturated heterocycles. The molecule has 3 rings (SSSR count). The molecular formula is C26H35NO4S. The van der Waals surface area contributed by atoms with Crippen molar-refractivity contribution >= 4 is 34.7 Å². The molecule has 174 valence electrons. The quantitative estimate of drug-likeness (QED) is 0.432. The van der Waals surface area contributed by atoms with Crippen LogP contribution in [0.5, 0.6) is 0 Å². The van der Waals surface area contributed by atoms with Gasteiger partial charge in [-0.25, -0.2) is 4.79 Å². The lowest BCUT2D eigenvalue weighted by molar-refractivity contribution is -0.125. The second-order valence-electron chi connectivity index (χ2n) is 9.53. The van der Waals surface area contributed by atoms with E-state index in [0.29, 0.717) is 36.2 Å². The summed E-state index contributed by atoms with van der Waals surface area (Å²) in [7, 11) is 1.27. The fourth-order valence-corrected chi connectivity index (χ4v) is 4.86. The molecule has 0 radical (unpaired) electrons. The molecule has 0 aromatic carbocycles. The molecule has 1 amide bonds. The van der Waals surface area contributed by atoms with Gasteiger partial charge in [0.2, 0.25) is 5.91 Å². The van der Waals surface area contributed by atoms with E-state index in [1.165, 1.54) is 12.0 Å². The molecule has 6 heteroatoms. The molecule has 1 aromatic rings. The Morgan fingerprint density at radius 2 is 1.81 bits per heavy atom. The summed E-state index contributed by atoms with van der Waals surface area (Å²) in [5.41, 5.74) is 0.0688.